The zero-order chi connectivity index (χ0) is 18.2. The summed E-state index contributed by atoms with van der Waals surface area (Å²) in [6.45, 7) is 4.40. The minimum absolute atomic E-state index is 0.0415. The van der Waals surface area contributed by atoms with E-state index in [0.717, 1.165) is 39.1 Å². The molecule has 3 rings (SSSR count). The molecule has 0 spiro atoms. The van der Waals surface area contributed by atoms with Gasteiger partial charge in [0.1, 0.15) is 0 Å². The molecule has 2 fully saturated rings. The molecule has 1 saturated heterocycles. The highest BCUT2D eigenvalue weighted by atomic mass is 16.5. The third kappa shape index (κ3) is 5.81. The van der Waals surface area contributed by atoms with E-state index < -0.39 is 0 Å². The molecule has 6 heteroatoms. The third-order valence-electron chi connectivity index (χ3n) is 4.99. The first-order chi connectivity index (χ1) is 12.7. The molecular weight excluding hydrogens is 330 g/mol. The number of nitrogens with one attached hydrogen (secondary N) is 2. The van der Waals surface area contributed by atoms with E-state index in [4.69, 9.17) is 4.74 Å². The van der Waals surface area contributed by atoms with E-state index >= 15 is 0 Å². The smallest absolute Gasteiger partial charge is 0.223 e. The Bertz CT molecular complexity index is 583. The Morgan fingerprint density at radius 3 is 2.54 bits per heavy atom. The van der Waals surface area contributed by atoms with Crippen LogP contribution in [0.3, 0.4) is 0 Å². The number of carbonyl (C=O) groups excluding carboxylic acids is 2. The fraction of sp³-hybridized carbons (Fsp3) is 0.600. The second-order valence-corrected chi connectivity index (χ2v) is 7.05. The highest BCUT2D eigenvalue weighted by Gasteiger charge is 2.29. The number of amides is 2. The van der Waals surface area contributed by atoms with E-state index in [0.29, 0.717) is 25.9 Å². The largest absolute Gasteiger partial charge is 0.379 e. The van der Waals surface area contributed by atoms with E-state index in [2.05, 4.69) is 27.7 Å². The highest BCUT2D eigenvalue weighted by Crippen LogP contribution is 2.28. The quantitative estimate of drug-likeness (QED) is 0.655. The van der Waals surface area contributed by atoms with Crippen LogP contribution < -0.4 is 10.6 Å². The van der Waals surface area contributed by atoms with E-state index in [1.807, 2.05) is 18.2 Å². The normalized spacial score (nSPS) is 18.9. The van der Waals surface area contributed by atoms with Gasteiger partial charge in [-0.15, -0.1) is 0 Å². The van der Waals surface area contributed by atoms with Crippen molar-refractivity contribution in [1.29, 1.82) is 0 Å². The van der Waals surface area contributed by atoms with Crippen LogP contribution in [0.25, 0.3) is 0 Å². The molecule has 1 unspecified atom stereocenters. The predicted molar refractivity (Wildman–Crippen MR) is 99.6 cm³/mol. The number of benzene rings is 1. The molecule has 2 aliphatic rings. The summed E-state index contributed by atoms with van der Waals surface area (Å²) in [7, 11) is 0. The zero-order valence-corrected chi connectivity index (χ0v) is 15.3. The van der Waals surface area contributed by atoms with E-state index in [1.165, 1.54) is 5.56 Å². The second kappa shape index (κ2) is 9.69. The van der Waals surface area contributed by atoms with Crippen molar-refractivity contribution in [3.63, 3.8) is 0 Å². The van der Waals surface area contributed by atoms with E-state index in [9.17, 15) is 9.59 Å². The Balaban J connectivity index is 1.42. The first kappa shape index (κ1) is 18.9. The zero-order valence-electron chi connectivity index (χ0n) is 15.3. The molecule has 1 saturated carbocycles. The average Bonchev–Trinajstić information content (AvgIpc) is 3.52. The molecule has 2 amide bonds. The topological polar surface area (TPSA) is 70.7 Å². The van der Waals surface area contributed by atoms with Crippen molar-refractivity contribution in [2.45, 2.75) is 31.7 Å². The molecule has 1 aromatic carbocycles. The minimum Gasteiger partial charge on any atom is -0.379 e. The van der Waals surface area contributed by atoms with E-state index in [-0.39, 0.29) is 23.8 Å². The van der Waals surface area contributed by atoms with Crippen molar-refractivity contribution in [3.8, 4) is 0 Å². The number of carbonyl (C=O) groups is 2. The highest BCUT2D eigenvalue weighted by molar-refractivity contribution is 5.81. The van der Waals surface area contributed by atoms with Gasteiger partial charge in [-0.25, -0.2) is 0 Å². The van der Waals surface area contributed by atoms with Gasteiger partial charge in [-0.3, -0.25) is 14.5 Å². The summed E-state index contributed by atoms with van der Waals surface area (Å²) in [6.07, 6.45) is 3.14. The average molecular weight is 359 g/mol. The number of hydrogen-bond acceptors (Lipinski definition) is 4. The van der Waals surface area contributed by atoms with Gasteiger partial charge in [0.05, 0.1) is 19.3 Å². The molecule has 0 radical (unpaired) electrons. The maximum atomic E-state index is 12.2. The van der Waals surface area contributed by atoms with Crippen LogP contribution in [0.1, 0.15) is 37.3 Å². The maximum Gasteiger partial charge on any atom is 0.223 e. The number of morpholine rings is 1. The summed E-state index contributed by atoms with van der Waals surface area (Å²) in [6, 6.07) is 10.5. The molecule has 2 N–H and O–H groups in total. The Kier molecular flexibility index (Phi) is 7.03. The van der Waals surface area contributed by atoms with E-state index in [1.54, 1.807) is 0 Å². The molecule has 1 aliphatic heterocycles. The van der Waals surface area contributed by atoms with Gasteiger partial charge in [0, 0.05) is 38.5 Å². The van der Waals surface area contributed by atoms with Crippen molar-refractivity contribution in [2.24, 2.45) is 5.92 Å². The predicted octanol–water partition coefficient (Wildman–Crippen LogP) is 1.48. The molecule has 6 nitrogen and oxygen atoms in total. The summed E-state index contributed by atoms with van der Waals surface area (Å²) in [5, 5.41) is 5.97. The van der Waals surface area contributed by atoms with Gasteiger partial charge in [0.25, 0.3) is 0 Å². The van der Waals surface area contributed by atoms with Gasteiger partial charge >= 0.3 is 0 Å². The number of nitrogens with zero attached hydrogens (tertiary/aromatic N) is 1. The summed E-state index contributed by atoms with van der Waals surface area (Å²) in [5.74, 6) is 0.408. The summed E-state index contributed by atoms with van der Waals surface area (Å²) in [5.41, 5.74) is 1.21. The molecule has 1 heterocycles. The van der Waals surface area contributed by atoms with Crippen LogP contribution in [0.5, 0.6) is 0 Å². The van der Waals surface area contributed by atoms with Crippen LogP contribution in [0.4, 0.5) is 0 Å². The minimum atomic E-state index is 0.0415. The Morgan fingerprint density at radius 1 is 1.12 bits per heavy atom. The van der Waals surface area contributed by atoms with Gasteiger partial charge in [0.2, 0.25) is 11.8 Å². The fourth-order valence-electron chi connectivity index (χ4n) is 3.27. The molecule has 142 valence electrons. The second-order valence-electron chi connectivity index (χ2n) is 7.05. The van der Waals surface area contributed by atoms with Gasteiger partial charge in [-0.1, -0.05) is 30.3 Å². The van der Waals surface area contributed by atoms with Crippen molar-refractivity contribution in [1.82, 2.24) is 15.5 Å². The summed E-state index contributed by atoms with van der Waals surface area (Å²) < 4.78 is 5.45. The van der Waals surface area contributed by atoms with Crippen molar-refractivity contribution < 1.29 is 14.3 Å². The van der Waals surface area contributed by atoms with Crippen molar-refractivity contribution >= 4 is 11.8 Å². The lowest BCUT2D eigenvalue weighted by atomic mass is 10.0. The molecule has 1 aliphatic carbocycles. The lowest BCUT2D eigenvalue weighted by molar-refractivity contribution is -0.123. The van der Waals surface area contributed by atoms with Crippen LogP contribution in [-0.4, -0.2) is 56.1 Å². The Hall–Kier alpha value is -1.92. The molecule has 0 aromatic heterocycles. The van der Waals surface area contributed by atoms with Gasteiger partial charge < -0.3 is 15.4 Å². The Labute approximate surface area is 155 Å². The molecule has 26 heavy (non-hydrogen) atoms. The molecular formula is C20H29N3O3. The lowest BCUT2D eigenvalue weighted by Crippen LogP contribution is -2.43. The number of hydrogen-bond donors (Lipinski definition) is 2. The van der Waals surface area contributed by atoms with Crippen LogP contribution in [0.15, 0.2) is 30.3 Å². The van der Waals surface area contributed by atoms with Crippen molar-refractivity contribution in [2.75, 3.05) is 39.4 Å². The van der Waals surface area contributed by atoms with Crippen LogP contribution in [0.2, 0.25) is 0 Å². The van der Waals surface area contributed by atoms with Crippen LogP contribution >= 0.6 is 0 Å². The lowest BCUT2D eigenvalue weighted by Gasteiger charge is -2.35. The Morgan fingerprint density at radius 2 is 1.85 bits per heavy atom. The summed E-state index contributed by atoms with van der Waals surface area (Å²) in [4.78, 5) is 26.1. The SMILES string of the molecule is O=C(CCCNC(=O)C1CC1)NCC(c1ccccc1)N1CCOCC1. The monoisotopic (exact) mass is 359 g/mol. The van der Waals surface area contributed by atoms with Crippen LogP contribution in [-0.2, 0) is 14.3 Å². The van der Waals surface area contributed by atoms with Gasteiger partial charge in [-0.05, 0) is 24.8 Å². The first-order valence-corrected chi connectivity index (χ1v) is 9.65. The fourth-order valence-corrected chi connectivity index (χ4v) is 3.27. The third-order valence-corrected chi connectivity index (χ3v) is 4.99. The molecule has 1 atom stereocenters. The molecule has 1 aromatic rings. The van der Waals surface area contributed by atoms with Gasteiger partial charge in [0.15, 0.2) is 0 Å². The number of rotatable bonds is 9. The first-order valence-electron chi connectivity index (χ1n) is 9.65. The molecule has 0 bridgehead atoms. The standard InChI is InChI=1S/C20H29N3O3/c24-19(7-4-10-21-20(25)17-8-9-17)22-15-18(16-5-2-1-3-6-16)23-11-13-26-14-12-23/h1-3,5-6,17-18H,4,7-15H2,(H,21,25)(H,22,24). The maximum absolute atomic E-state index is 12.2. The van der Waals surface area contributed by atoms with Crippen molar-refractivity contribution in [3.05, 3.63) is 35.9 Å². The number of ether oxygens (including phenoxy) is 1. The van der Waals surface area contributed by atoms with Gasteiger partial charge in [-0.2, -0.15) is 0 Å². The summed E-state index contributed by atoms with van der Waals surface area (Å²) >= 11 is 0. The van der Waals surface area contributed by atoms with Crippen LogP contribution in [0, 0.1) is 5.92 Å².